The van der Waals surface area contributed by atoms with E-state index in [1.807, 2.05) is 67.1 Å². The Balaban J connectivity index is 1.78. The molecular weight excluding hydrogens is 376 g/mol. The van der Waals surface area contributed by atoms with Gasteiger partial charge in [-0.1, -0.05) is 49.4 Å². The summed E-state index contributed by atoms with van der Waals surface area (Å²) in [6.07, 6.45) is 0.723. The fourth-order valence-corrected chi connectivity index (χ4v) is 3.57. The molecule has 0 aliphatic carbocycles. The molecule has 0 fully saturated rings. The fourth-order valence-electron chi connectivity index (χ4n) is 3.57. The lowest BCUT2D eigenvalue weighted by atomic mass is 10.1. The lowest BCUT2D eigenvalue weighted by molar-refractivity contribution is 0.102. The number of fused-ring (bicyclic) bond motifs is 1. The second kappa shape index (κ2) is 8.37. The lowest BCUT2D eigenvalue weighted by Gasteiger charge is -2.11. The second-order valence-corrected chi connectivity index (χ2v) is 7.10. The van der Waals surface area contributed by atoms with Crippen LogP contribution in [0.1, 0.15) is 34.2 Å². The number of anilines is 1. The number of carbonyl (C=O) groups is 1. The van der Waals surface area contributed by atoms with Crippen molar-refractivity contribution in [2.45, 2.75) is 26.8 Å². The zero-order valence-electron chi connectivity index (χ0n) is 17.3. The monoisotopic (exact) mass is 400 g/mol. The van der Waals surface area contributed by atoms with Gasteiger partial charge in [0.05, 0.1) is 36.0 Å². The van der Waals surface area contributed by atoms with Crippen LogP contribution in [0.2, 0.25) is 0 Å². The highest BCUT2D eigenvalue weighted by Gasteiger charge is 2.20. The molecule has 2 heterocycles. The number of benzene rings is 2. The lowest BCUT2D eigenvalue weighted by Crippen LogP contribution is -2.14. The van der Waals surface area contributed by atoms with Gasteiger partial charge in [-0.15, -0.1) is 0 Å². The zero-order chi connectivity index (χ0) is 21.1. The van der Waals surface area contributed by atoms with E-state index in [0.717, 1.165) is 34.4 Å². The number of rotatable bonds is 6. The molecule has 4 rings (SSSR count). The van der Waals surface area contributed by atoms with Crippen molar-refractivity contribution in [3.05, 3.63) is 83.2 Å². The minimum Gasteiger partial charge on any atom is -0.495 e. The maximum absolute atomic E-state index is 13.3. The summed E-state index contributed by atoms with van der Waals surface area (Å²) in [5, 5.41) is 8.45. The minimum atomic E-state index is -0.205. The molecule has 2 aromatic heterocycles. The van der Waals surface area contributed by atoms with Crippen molar-refractivity contribution in [3.63, 3.8) is 0 Å². The van der Waals surface area contributed by atoms with Crippen molar-refractivity contribution in [3.8, 4) is 5.75 Å². The van der Waals surface area contributed by atoms with Crippen molar-refractivity contribution >= 4 is 22.6 Å². The number of methoxy groups -OCH3 is 1. The Kier molecular flexibility index (Phi) is 5.48. The molecule has 0 spiro atoms. The first-order valence-electron chi connectivity index (χ1n) is 9.96. The highest BCUT2D eigenvalue weighted by molar-refractivity contribution is 6.13. The molecule has 0 unspecified atom stereocenters. The Morgan fingerprint density at radius 1 is 1.10 bits per heavy atom. The Hall–Kier alpha value is -3.67. The third kappa shape index (κ3) is 3.76. The Morgan fingerprint density at radius 2 is 1.83 bits per heavy atom. The Labute approximate surface area is 175 Å². The number of carbonyl (C=O) groups excluding carboxylic acids is 1. The van der Waals surface area contributed by atoms with Gasteiger partial charge >= 0.3 is 0 Å². The van der Waals surface area contributed by atoms with E-state index in [0.29, 0.717) is 23.5 Å². The van der Waals surface area contributed by atoms with Gasteiger partial charge in [0.15, 0.2) is 5.65 Å². The largest absolute Gasteiger partial charge is 0.495 e. The second-order valence-electron chi connectivity index (χ2n) is 7.10. The predicted molar refractivity (Wildman–Crippen MR) is 118 cm³/mol. The van der Waals surface area contributed by atoms with Crippen LogP contribution in [0.15, 0.2) is 60.7 Å². The number of nitrogens with zero attached hydrogens (tertiary/aromatic N) is 3. The van der Waals surface area contributed by atoms with Crippen molar-refractivity contribution in [2.24, 2.45) is 0 Å². The van der Waals surface area contributed by atoms with Crippen LogP contribution in [0, 0.1) is 6.92 Å². The quantitative estimate of drug-likeness (QED) is 0.513. The maximum Gasteiger partial charge on any atom is 0.256 e. The maximum atomic E-state index is 13.3. The average Bonchev–Trinajstić information content (AvgIpc) is 3.09. The number of aromatic nitrogens is 3. The van der Waals surface area contributed by atoms with Gasteiger partial charge in [0.25, 0.3) is 5.91 Å². The van der Waals surface area contributed by atoms with E-state index in [9.17, 15) is 4.79 Å². The summed E-state index contributed by atoms with van der Waals surface area (Å²) in [4.78, 5) is 18.0. The number of para-hydroxylation sites is 2. The van der Waals surface area contributed by atoms with Crippen LogP contribution < -0.4 is 10.1 Å². The summed E-state index contributed by atoms with van der Waals surface area (Å²) in [6.45, 7) is 4.54. The van der Waals surface area contributed by atoms with Gasteiger partial charge in [-0.05, 0) is 37.1 Å². The molecule has 0 aliphatic heterocycles. The number of hydrogen-bond acceptors (Lipinski definition) is 4. The highest BCUT2D eigenvalue weighted by Crippen LogP contribution is 2.27. The zero-order valence-corrected chi connectivity index (χ0v) is 17.3. The SMILES string of the molecule is CCc1cc(C(=O)Nc2ccccc2OC)c2c(C)nn(Cc3ccccc3)c2n1. The van der Waals surface area contributed by atoms with E-state index in [1.54, 1.807) is 7.11 Å². The van der Waals surface area contributed by atoms with Gasteiger partial charge in [-0.3, -0.25) is 4.79 Å². The van der Waals surface area contributed by atoms with Crippen LogP contribution >= 0.6 is 0 Å². The van der Waals surface area contributed by atoms with E-state index >= 15 is 0 Å². The Bertz CT molecular complexity index is 1200. The molecule has 0 saturated carbocycles. The summed E-state index contributed by atoms with van der Waals surface area (Å²) in [6, 6.07) is 19.3. The molecule has 4 aromatic rings. The number of aryl methyl sites for hydroxylation is 2. The average molecular weight is 400 g/mol. The van der Waals surface area contributed by atoms with Gasteiger partial charge in [0.1, 0.15) is 5.75 Å². The third-order valence-corrected chi connectivity index (χ3v) is 5.07. The van der Waals surface area contributed by atoms with E-state index in [4.69, 9.17) is 14.8 Å². The standard InChI is InChI=1S/C24H24N4O2/c1-4-18-14-19(24(29)26-20-12-8-9-13-21(20)30-3)22-16(2)27-28(23(22)25-18)15-17-10-6-5-7-11-17/h5-14H,4,15H2,1-3H3,(H,26,29). The molecule has 1 amide bonds. The van der Waals surface area contributed by atoms with E-state index in [2.05, 4.69) is 17.4 Å². The van der Waals surface area contributed by atoms with Crippen LogP contribution in [0.5, 0.6) is 5.75 Å². The first-order valence-corrected chi connectivity index (χ1v) is 9.96. The van der Waals surface area contributed by atoms with Gasteiger partial charge < -0.3 is 10.1 Å². The number of amides is 1. The van der Waals surface area contributed by atoms with Gasteiger partial charge in [0.2, 0.25) is 0 Å². The van der Waals surface area contributed by atoms with E-state index in [-0.39, 0.29) is 5.91 Å². The molecule has 6 heteroatoms. The number of nitrogens with one attached hydrogen (secondary N) is 1. The molecule has 1 N–H and O–H groups in total. The molecular formula is C24H24N4O2. The molecule has 152 valence electrons. The topological polar surface area (TPSA) is 69.0 Å². The first-order chi connectivity index (χ1) is 14.6. The van der Waals surface area contributed by atoms with Crippen LogP contribution in [0.3, 0.4) is 0 Å². The summed E-state index contributed by atoms with van der Waals surface area (Å²) in [5.41, 5.74) is 4.68. The van der Waals surface area contributed by atoms with Gasteiger partial charge in [-0.2, -0.15) is 5.10 Å². The van der Waals surface area contributed by atoms with Crippen LogP contribution in [-0.4, -0.2) is 27.8 Å². The van der Waals surface area contributed by atoms with Crippen molar-refractivity contribution in [1.82, 2.24) is 14.8 Å². The van der Waals surface area contributed by atoms with Crippen LogP contribution in [-0.2, 0) is 13.0 Å². The molecule has 0 saturated heterocycles. The minimum absolute atomic E-state index is 0.205. The number of ether oxygens (including phenoxy) is 1. The van der Waals surface area contributed by atoms with Gasteiger partial charge in [0, 0.05) is 5.69 Å². The van der Waals surface area contributed by atoms with Crippen LogP contribution in [0.4, 0.5) is 5.69 Å². The van der Waals surface area contributed by atoms with E-state index < -0.39 is 0 Å². The number of pyridine rings is 1. The molecule has 0 radical (unpaired) electrons. The van der Waals surface area contributed by atoms with Crippen molar-refractivity contribution in [1.29, 1.82) is 0 Å². The predicted octanol–water partition coefficient (Wildman–Crippen LogP) is 4.61. The normalized spacial score (nSPS) is 10.9. The Morgan fingerprint density at radius 3 is 2.57 bits per heavy atom. The summed E-state index contributed by atoms with van der Waals surface area (Å²) < 4.78 is 7.24. The summed E-state index contributed by atoms with van der Waals surface area (Å²) in [5.74, 6) is 0.410. The first kappa shape index (κ1) is 19.6. The highest BCUT2D eigenvalue weighted by atomic mass is 16.5. The number of hydrogen-bond donors (Lipinski definition) is 1. The smallest absolute Gasteiger partial charge is 0.256 e. The molecule has 6 nitrogen and oxygen atoms in total. The van der Waals surface area contributed by atoms with Gasteiger partial charge in [-0.25, -0.2) is 9.67 Å². The molecule has 0 bridgehead atoms. The molecule has 0 atom stereocenters. The molecule has 0 aliphatic rings. The van der Waals surface area contributed by atoms with Crippen LogP contribution in [0.25, 0.3) is 11.0 Å². The fraction of sp³-hybridized carbons (Fsp3) is 0.208. The summed E-state index contributed by atoms with van der Waals surface area (Å²) in [7, 11) is 1.59. The van der Waals surface area contributed by atoms with E-state index in [1.165, 1.54) is 0 Å². The molecule has 30 heavy (non-hydrogen) atoms. The summed E-state index contributed by atoms with van der Waals surface area (Å²) >= 11 is 0. The third-order valence-electron chi connectivity index (χ3n) is 5.07. The van der Waals surface area contributed by atoms with Crippen molar-refractivity contribution in [2.75, 3.05) is 12.4 Å². The van der Waals surface area contributed by atoms with Crippen molar-refractivity contribution < 1.29 is 9.53 Å². The molecule has 2 aromatic carbocycles.